The number of rotatable bonds is 6. The number of esters is 1. The Bertz CT molecular complexity index is 781. The van der Waals surface area contributed by atoms with Crippen LogP contribution < -0.4 is 5.32 Å². The predicted molar refractivity (Wildman–Crippen MR) is 101 cm³/mol. The van der Waals surface area contributed by atoms with Crippen molar-refractivity contribution in [3.63, 3.8) is 0 Å². The second-order valence-electron chi connectivity index (χ2n) is 5.79. The van der Waals surface area contributed by atoms with Gasteiger partial charge in [-0.3, -0.25) is 9.69 Å². The zero-order valence-corrected chi connectivity index (χ0v) is 16.4. The van der Waals surface area contributed by atoms with Gasteiger partial charge in [-0.15, -0.1) is 22.7 Å². The SMILES string of the molecule is CCOC(=O)c1cc(C)sc1NC(=O)c1csc(CN2CCOCC2)n1. The summed E-state index contributed by atoms with van der Waals surface area (Å²) in [6.07, 6.45) is 0. The standard InChI is InChI=1S/C17H21N3O4S2/c1-3-24-17(22)12-8-11(2)26-16(12)19-15(21)13-10-25-14(18-13)9-20-4-6-23-7-5-20/h8,10H,3-7,9H2,1-2H3,(H,19,21). The summed E-state index contributed by atoms with van der Waals surface area (Å²) in [6.45, 7) is 7.84. The number of aromatic nitrogens is 1. The maximum absolute atomic E-state index is 12.5. The van der Waals surface area contributed by atoms with E-state index in [1.54, 1.807) is 18.4 Å². The fourth-order valence-corrected chi connectivity index (χ4v) is 4.28. The van der Waals surface area contributed by atoms with Gasteiger partial charge in [0.05, 0.1) is 31.9 Å². The van der Waals surface area contributed by atoms with Crippen molar-refractivity contribution in [2.24, 2.45) is 0 Å². The van der Waals surface area contributed by atoms with Crippen LogP contribution in [-0.4, -0.2) is 54.7 Å². The van der Waals surface area contributed by atoms with Crippen molar-refractivity contribution in [1.82, 2.24) is 9.88 Å². The summed E-state index contributed by atoms with van der Waals surface area (Å²) in [7, 11) is 0. The lowest BCUT2D eigenvalue weighted by molar-refractivity contribution is 0.0341. The number of hydrogen-bond acceptors (Lipinski definition) is 8. The van der Waals surface area contributed by atoms with Crippen LogP contribution in [0.4, 0.5) is 5.00 Å². The largest absolute Gasteiger partial charge is 0.462 e. The molecule has 0 unspecified atom stereocenters. The van der Waals surface area contributed by atoms with Crippen molar-refractivity contribution in [3.8, 4) is 0 Å². The Hall–Kier alpha value is -1.81. The summed E-state index contributed by atoms with van der Waals surface area (Å²) in [5, 5.41) is 5.93. The number of thiophene rings is 1. The molecule has 0 aliphatic carbocycles. The molecule has 1 aliphatic heterocycles. The smallest absolute Gasteiger partial charge is 0.341 e. The summed E-state index contributed by atoms with van der Waals surface area (Å²) in [5.74, 6) is -0.750. The van der Waals surface area contributed by atoms with Gasteiger partial charge in [0.25, 0.3) is 5.91 Å². The minimum Gasteiger partial charge on any atom is -0.462 e. The molecule has 0 aromatic carbocycles. The molecule has 2 aromatic rings. The third-order valence-electron chi connectivity index (χ3n) is 3.82. The third kappa shape index (κ3) is 4.67. The molecule has 9 heteroatoms. The number of aryl methyl sites for hydroxylation is 1. The van der Waals surface area contributed by atoms with E-state index < -0.39 is 5.97 Å². The number of anilines is 1. The Labute approximate surface area is 159 Å². The highest BCUT2D eigenvalue weighted by molar-refractivity contribution is 7.16. The van der Waals surface area contributed by atoms with Crippen LogP contribution in [0.1, 0.15) is 37.7 Å². The molecule has 7 nitrogen and oxygen atoms in total. The molecule has 0 spiro atoms. The number of carbonyl (C=O) groups is 2. The average molecular weight is 396 g/mol. The lowest BCUT2D eigenvalue weighted by atomic mass is 10.3. The zero-order valence-electron chi connectivity index (χ0n) is 14.7. The normalized spacial score (nSPS) is 15.0. The monoisotopic (exact) mass is 395 g/mol. The van der Waals surface area contributed by atoms with Crippen LogP contribution in [0.5, 0.6) is 0 Å². The molecule has 1 saturated heterocycles. The first-order chi connectivity index (χ1) is 12.6. The molecule has 0 radical (unpaired) electrons. The molecule has 1 fully saturated rings. The van der Waals surface area contributed by atoms with Gasteiger partial charge < -0.3 is 14.8 Å². The van der Waals surface area contributed by atoms with E-state index in [9.17, 15) is 9.59 Å². The minimum absolute atomic E-state index is 0.290. The Morgan fingerprint density at radius 1 is 1.38 bits per heavy atom. The van der Waals surface area contributed by atoms with Gasteiger partial charge in [-0.25, -0.2) is 9.78 Å². The maximum Gasteiger partial charge on any atom is 0.341 e. The molecule has 26 heavy (non-hydrogen) atoms. The van der Waals surface area contributed by atoms with Gasteiger partial charge in [0, 0.05) is 23.3 Å². The first-order valence-corrected chi connectivity index (χ1v) is 10.1. The van der Waals surface area contributed by atoms with Crippen molar-refractivity contribution in [3.05, 3.63) is 32.6 Å². The molecule has 0 saturated carbocycles. The van der Waals surface area contributed by atoms with Gasteiger partial charge in [-0.2, -0.15) is 0 Å². The number of morpholine rings is 1. The molecular formula is C17H21N3O4S2. The first-order valence-electron chi connectivity index (χ1n) is 8.40. The predicted octanol–water partition coefficient (Wildman–Crippen LogP) is 2.77. The van der Waals surface area contributed by atoms with Crippen LogP contribution in [-0.2, 0) is 16.0 Å². The fraction of sp³-hybridized carbons (Fsp3) is 0.471. The molecule has 1 N–H and O–H groups in total. The van der Waals surface area contributed by atoms with Gasteiger partial charge in [-0.05, 0) is 19.9 Å². The quantitative estimate of drug-likeness (QED) is 0.758. The Balaban J connectivity index is 1.66. The van der Waals surface area contributed by atoms with Crippen molar-refractivity contribution in [1.29, 1.82) is 0 Å². The van der Waals surface area contributed by atoms with E-state index in [-0.39, 0.29) is 12.5 Å². The van der Waals surface area contributed by atoms with Crippen LogP contribution >= 0.6 is 22.7 Å². The number of amides is 1. The van der Waals surface area contributed by atoms with E-state index >= 15 is 0 Å². The second kappa shape index (κ2) is 8.72. The molecule has 3 heterocycles. The topological polar surface area (TPSA) is 80.8 Å². The number of hydrogen-bond donors (Lipinski definition) is 1. The van der Waals surface area contributed by atoms with Crippen molar-refractivity contribution < 1.29 is 19.1 Å². The highest BCUT2D eigenvalue weighted by atomic mass is 32.1. The lowest BCUT2D eigenvalue weighted by Crippen LogP contribution is -2.35. The Morgan fingerprint density at radius 3 is 2.88 bits per heavy atom. The Kier molecular flexibility index (Phi) is 6.36. The summed E-state index contributed by atoms with van der Waals surface area (Å²) in [6, 6.07) is 1.73. The van der Waals surface area contributed by atoms with E-state index in [2.05, 4.69) is 15.2 Å². The number of nitrogens with one attached hydrogen (secondary N) is 1. The Morgan fingerprint density at radius 2 is 2.15 bits per heavy atom. The van der Waals surface area contributed by atoms with E-state index in [0.29, 0.717) is 22.8 Å². The summed E-state index contributed by atoms with van der Waals surface area (Å²) in [4.78, 5) is 32.2. The molecule has 2 aromatic heterocycles. The average Bonchev–Trinajstić information content (AvgIpc) is 3.23. The van der Waals surface area contributed by atoms with E-state index in [0.717, 1.165) is 36.2 Å². The van der Waals surface area contributed by atoms with E-state index in [4.69, 9.17) is 9.47 Å². The molecule has 1 amide bonds. The van der Waals surface area contributed by atoms with Crippen LogP contribution in [0.3, 0.4) is 0 Å². The first kappa shape index (κ1) is 19.0. The minimum atomic E-state index is -0.432. The molecule has 140 valence electrons. The maximum atomic E-state index is 12.5. The van der Waals surface area contributed by atoms with Crippen molar-refractivity contribution >= 4 is 39.6 Å². The van der Waals surface area contributed by atoms with Gasteiger partial charge >= 0.3 is 5.97 Å². The summed E-state index contributed by atoms with van der Waals surface area (Å²) >= 11 is 2.81. The number of thiazole rings is 1. The molecule has 0 bridgehead atoms. The van der Waals surface area contributed by atoms with Gasteiger partial charge in [-0.1, -0.05) is 0 Å². The molecule has 1 aliphatic rings. The lowest BCUT2D eigenvalue weighted by Gasteiger charge is -2.25. The zero-order chi connectivity index (χ0) is 18.5. The summed E-state index contributed by atoms with van der Waals surface area (Å²) < 4.78 is 10.4. The molecular weight excluding hydrogens is 374 g/mol. The van der Waals surface area contributed by atoms with Crippen molar-refractivity contribution in [2.75, 3.05) is 38.2 Å². The van der Waals surface area contributed by atoms with Gasteiger partial charge in [0.1, 0.15) is 15.7 Å². The number of nitrogens with zero attached hydrogens (tertiary/aromatic N) is 2. The van der Waals surface area contributed by atoms with E-state index in [1.165, 1.54) is 22.7 Å². The van der Waals surface area contributed by atoms with Crippen molar-refractivity contribution in [2.45, 2.75) is 20.4 Å². The highest BCUT2D eigenvalue weighted by Gasteiger charge is 2.20. The molecule has 0 atom stereocenters. The highest BCUT2D eigenvalue weighted by Crippen LogP contribution is 2.29. The van der Waals surface area contributed by atoms with Crippen LogP contribution in [0, 0.1) is 6.92 Å². The summed E-state index contributed by atoms with van der Waals surface area (Å²) in [5.41, 5.74) is 0.741. The van der Waals surface area contributed by atoms with Gasteiger partial charge in [0.2, 0.25) is 0 Å². The molecule has 3 rings (SSSR count). The van der Waals surface area contributed by atoms with Gasteiger partial charge in [0.15, 0.2) is 0 Å². The number of ether oxygens (including phenoxy) is 2. The van der Waals surface area contributed by atoms with Crippen LogP contribution in [0.2, 0.25) is 0 Å². The second-order valence-corrected chi connectivity index (χ2v) is 7.99. The van der Waals surface area contributed by atoms with Crippen LogP contribution in [0.15, 0.2) is 11.4 Å². The fourth-order valence-electron chi connectivity index (χ4n) is 2.57. The van der Waals surface area contributed by atoms with Crippen LogP contribution in [0.25, 0.3) is 0 Å². The number of carbonyl (C=O) groups excluding carboxylic acids is 2. The third-order valence-corrected chi connectivity index (χ3v) is 5.62. The van der Waals surface area contributed by atoms with E-state index in [1.807, 2.05) is 6.92 Å².